The van der Waals surface area contributed by atoms with Gasteiger partial charge in [-0.3, -0.25) is 9.59 Å². The third kappa shape index (κ3) is 5.47. The predicted octanol–water partition coefficient (Wildman–Crippen LogP) is 8.51. The highest BCUT2D eigenvalue weighted by molar-refractivity contribution is 5.81. The number of carbonyl (C=O) groups excluding carboxylic acids is 1. The van der Waals surface area contributed by atoms with E-state index in [4.69, 9.17) is 4.74 Å². The molecule has 1 heterocycles. The molecule has 11 atom stereocenters. The van der Waals surface area contributed by atoms with Crippen LogP contribution in [0.4, 0.5) is 0 Å². The van der Waals surface area contributed by atoms with Crippen molar-refractivity contribution in [3.05, 3.63) is 12.2 Å². The van der Waals surface area contributed by atoms with E-state index in [1.54, 1.807) is 13.8 Å². The fourth-order valence-electron chi connectivity index (χ4n) is 13.9. The standard InChI is InChI=1S/C41H67NO5/c1-26(2)28-12-18-41(21-23-42-22-15-27(43)25-42)20-19-39(8)29(34(28)41)10-11-31-38(7)16-14-32(47-33(44)24-36(3,4)35(45)46)37(5,6)30(38)13-17-40(31,39)9/h27-32,34,43H,1,10-25H2,2-9H3,(H,45,46)/t27?,28-,29+,30-,31+,32-,34+,38-,39+,40?,41+/m0/s1. The molecule has 1 aliphatic heterocycles. The molecule has 6 fully saturated rings. The van der Waals surface area contributed by atoms with Crippen molar-refractivity contribution in [2.24, 2.45) is 62.1 Å². The van der Waals surface area contributed by atoms with Crippen molar-refractivity contribution in [3.8, 4) is 0 Å². The van der Waals surface area contributed by atoms with Gasteiger partial charge in [0.2, 0.25) is 0 Å². The van der Waals surface area contributed by atoms with Gasteiger partial charge in [0.1, 0.15) is 6.10 Å². The van der Waals surface area contributed by atoms with Crippen LogP contribution >= 0.6 is 0 Å². The molecule has 2 unspecified atom stereocenters. The molecule has 266 valence electrons. The van der Waals surface area contributed by atoms with E-state index >= 15 is 0 Å². The lowest BCUT2D eigenvalue weighted by atomic mass is 9.32. The van der Waals surface area contributed by atoms with Crippen molar-refractivity contribution in [1.29, 1.82) is 0 Å². The number of fused-ring (bicyclic) bond motifs is 7. The van der Waals surface area contributed by atoms with Crippen LogP contribution in [0.1, 0.15) is 139 Å². The number of β-amino-alcohol motifs (C(OH)–C–C–N with tert-alkyl or cyclic N) is 1. The van der Waals surface area contributed by atoms with Crippen LogP contribution in [-0.2, 0) is 14.3 Å². The second-order valence-corrected chi connectivity index (χ2v) is 19.7. The maximum Gasteiger partial charge on any atom is 0.309 e. The zero-order valence-electron chi connectivity index (χ0n) is 31.1. The maximum atomic E-state index is 13.1. The van der Waals surface area contributed by atoms with Crippen LogP contribution in [0.15, 0.2) is 12.2 Å². The van der Waals surface area contributed by atoms with E-state index in [1.165, 1.54) is 63.4 Å². The second kappa shape index (κ2) is 11.8. The molecule has 2 N–H and O–H groups in total. The number of rotatable bonds is 8. The highest BCUT2D eigenvalue weighted by atomic mass is 16.5. The Kier molecular flexibility index (Phi) is 8.93. The Balaban J connectivity index is 1.24. The number of carboxylic acids is 1. The third-order valence-electron chi connectivity index (χ3n) is 16.8. The van der Waals surface area contributed by atoms with Crippen LogP contribution < -0.4 is 0 Å². The lowest BCUT2D eigenvalue weighted by Crippen LogP contribution is -2.66. The lowest BCUT2D eigenvalue weighted by molar-refractivity contribution is -0.250. The number of carbonyl (C=O) groups is 2. The summed E-state index contributed by atoms with van der Waals surface area (Å²) in [5.74, 6) is 1.87. The average molecular weight is 654 g/mol. The number of aliphatic hydroxyl groups excluding tert-OH is 1. The molecule has 0 aromatic rings. The molecular formula is C41H67NO5. The Labute approximate surface area is 285 Å². The summed E-state index contributed by atoms with van der Waals surface area (Å²) in [5, 5.41) is 19.8. The third-order valence-corrected chi connectivity index (χ3v) is 16.8. The van der Waals surface area contributed by atoms with Crippen molar-refractivity contribution < 1.29 is 24.5 Å². The monoisotopic (exact) mass is 654 g/mol. The number of hydrogen-bond acceptors (Lipinski definition) is 5. The second-order valence-electron chi connectivity index (χ2n) is 19.7. The van der Waals surface area contributed by atoms with Gasteiger partial charge in [0.15, 0.2) is 0 Å². The number of ether oxygens (including phenoxy) is 1. The van der Waals surface area contributed by atoms with Crippen LogP contribution in [0.3, 0.4) is 0 Å². The Hall–Kier alpha value is -1.40. The van der Waals surface area contributed by atoms with Gasteiger partial charge < -0.3 is 19.8 Å². The summed E-state index contributed by atoms with van der Waals surface area (Å²) in [7, 11) is 0. The van der Waals surface area contributed by atoms with Gasteiger partial charge in [-0.25, -0.2) is 0 Å². The number of likely N-dealkylation sites (tertiary alicyclic amines) is 1. The number of carboxylic acid groups (broad SMARTS) is 1. The maximum absolute atomic E-state index is 13.1. The van der Waals surface area contributed by atoms with Gasteiger partial charge in [0.05, 0.1) is 17.9 Å². The minimum absolute atomic E-state index is 0.0922. The van der Waals surface area contributed by atoms with Gasteiger partial charge in [-0.15, -0.1) is 0 Å². The van der Waals surface area contributed by atoms with Gasteiger partial charge in [-0.05, 0) is 156 Å². The SMILES string of the molecule is C=C(C)[C@@H]1CC[C@]2(CCN3CCC(O)C3)CC[C@]3(C)[C@H](CC[C@H]4C3(C)CC[C@H]3C(C)(C)[C@@H](OC(=O)CC(C)(C)C(=O)O)CC[C@@]34C)[C@@H]12. The van der Waals surface area contributed by atoms with Crippen molar-refractivity contribution in [2.75, 3.05) is 19.6 Å². The Morgan fingerprint density at radius 1 is 0.894 bits per heavy atom. The molecular weight excluding hydrogens is 586 g/mol. The van der Waals surface area contributed by atoms with Gasteiger partial charge in [0, 0.05) is 18.5 Å². The molecule has 0 aromatic heterocycles. The minimum Gasteiger partial charge on any atom is -0.481 e. The van der Waals surface area contributed by atoms with Crippen LogP contribution in [0.2, 0.25) is 0 Å². The fraction of sp³-hybridized carbons (Fsp3) is 0.902. The number of aliphatic hydroxyl groups is 1. The fourth-order valence-corrected chi connectivity index (χ4v) is 13.9. The molecule has 0 bridgehead atoms. The number of aliphatic carboxylic acids is 1. The van der Waals surface area contributed by atoms with Gasteiger partial charge in [-0.2, -0.15) is 0 Å². The first-order valence-electron chi connectivity index (χ1n) is 19.3. The lowest BCUT2D eigenvalue weighted by Gasteiger charge is -2.73. The summed E-state index contributed by atoms with van der Waals surface area (Å²) >= 11 is 0. The summed E-state index contributed by atoms with van der Waals surface area (Å²) in [5.41, 5.74) is 1.31. The number of esters is 1. The van der Waals surface area contributed by atoms with E-state index in [1.807, 2.05) is 0 Å². The number of nitrogens with zero attached hydrogens (tertiary/aromatic N) is 1. The number of hydrogen-bond donors (Lipinski definition) is 2. The van der Waals surface area contributed by atoms with Crippen molar-refractivity contribution in [3.63, 3.8) is 0 Å². The Morgan fingerprint density at radius 3 is 2.26 bits per heavy atom. The van der Waals surface area contributed by atoms with E-state index in [9.17, 15) is 19.8 Å². The van der Waals surface area contributed by atoms with Crippen molar-refractivity contribution >= 4 is 11.9 Å². The number of allylic oxidation sites excluding steroid dienone is 1. The quantitative estimate of drug-likeness (QED) is 0.202. The Bertz CT molecular complexity index is 1260. The average Bonchev–Trinajstić information content (AvgIpc) is 3.57. The predicted molar refractivity (Wildman–Crippen MR) is 187 cm³/mol. The van der Waals surface area contributed by atoms with Crippen LogP contribution in [0.5, 0.6) is 0 Å². The summed E-state index contributed by atoms with van der Waals surface area (Å²) in [6.07, 6.45) is 14.1. The highest BCUT2D eigenvalue weighted by Crippen LogP contribution is 2.78. The topological polar surface area (TPSA) is 87.1 Å². The van der Waals surface area contributed by atoms with Crippen LogP contribution in [-0.4, -0.2) is 58.9 Å². The van der Waals surface area contributed by atoms with Crippen molar-refractivity contribution in [2.45, 2.75) is 151 Å². The first-order chi connectivity index (χ1) is 21.8. The van der Waals surface area contributed by atoms with E-state index in [0.29, 0.717) is 28.6 Å². The molecule has 0 amide bonds. The molecule has 0 aromatic carbocycles. The Morgan fingerprint density at radius 2 is 1.62 bits per heavy atom. The van der Waals surface area contributed by atoms with E-state index in [2.05, 4.69) is 53.0 Å². The first kappa shape index (κ1) is 35.4. The highest BCUT2D eigenvalue weighted by Gasteiger charge is 2.71. The summed E-state index contributed by atoms with van der Waals surface area (Å²) in [6.45, 7) is 25.8. The van der Waals surface area contributed by atoms with E-state index < -0.39 is 11.4 Å². The zero-order valence-corrected chi connectivity index (χ0v) is 31.1. The largest absolute Gasteiger partial charge is 0.481 e. The minimum atomic E-state index is -1.12. The van der Waals surface area contributed by atoms with E-state index in [0.717, 1.165) is 50.7 Å². The first-order valence-corrected chi connectivity index (χ1v) is 19.3. The van der Waals surface area contributed by atoms with Gasteiger partial charge in [0.25, 0.3) is 0 Å². The van der Waals surface area contributed by atoms with Crippen molar-refractivity contribution in [1.82, 2.24) is 4.90 Å². The molecule has 6 rings (SSSR count). The van der Waals surface area contributed by atoms with Gasteiger partial charge in [-0.1, -0.05) is 46.8 Å². The summed E-state index contributed by atoms with van der Waals surface area (Å²) < 4.78 is 6.18. The zero-order chi connectivity index (χ0) is 34.4. The molecule has 5 saturated carbocycles. The molecule has 1 saturated heterocycles. The molecule has 5 aliphatic carbocycles. The summed E-state index contributed by atoms with van der Waals surface area (Å²) in [4.78, 5) is 27.3. The molecule has 6 heteroatoms. The molecule has 47 heavy (non-hydrogen) atoms. The molecule has 6 aliphatic rings. The summed E-state index contributed by atoms with van der Waals surface area (Å²) in [6, 6.07) is 0. The smallest absolute Gasteiger partial charge is 0.309 e. The molecule has 0 radical (unpaired) electrons. The normalized spacial score (nSPS) is 46.1. The molecule has 0 spiro atoms. The van der Waals surface area contributed by atoms with E-state index in [-0.39, 0.29) is 40.8 Å². The van der Waals surface area contributed by atoms with Crippen LogP contribution in [0, 0.1) is 62.1 Å². The van der Waals surface area contributed by atoms with Gasteiger partial charge >= 0.3 is 11.9 Å². The van der Waals surface area contributed by atoms with Crippen LogP contribution in [0.25, 0.3) is 0 Å². The molecule has 6 nitrogen and oxygen atoms in total.